The van der Waals surface area contributed by atoms with Gasteiger partial charge in [-0.1, -0.05) is 18.2 Å². The Hall–Kier alpha value is -3.46. The highest BCUT2D eigenvalue weighted by molar-refractivity contribution is 7.15. The lowest BCUT2D eigenvalue weighted by Crippen LogP contribution is -2.29. The number of anilines is 1. The minimum atomic E-state index is -0.534. The van der Waals surface area contributed by atoms with Crippen molar-refractivity contribution >= 4 is 27.9 Å². The lowest BCUT2D eigenvalue weighted by molar-refractivity contribution is -0.116. The Morgan fingerprint density at radius 3 is 2.85 bits per heavy atom. The SMILES string of the molecule is O=C(CCn1ccc(=O)[nH]c1=O)Nc1ccccc1-c1cn2ccsc2n1. The van der Waals surface area contributed by atoms with E-state index in [4.69, 9.17) is 0 Å². The molecule has 3 heterocycles. The van der Waals surface area contributed by atoms with E-state index in [-0.39, 0.29) is 18.9 Å². The van der Waals surface area contributed by atoms with Gasteiger partial charge in [-0.2, -0.15) is 0 Å². The molecule has 0 aliphatic heterocycles. The second kappa shape index (κ2) is 7.04. The fraction of sp³-hybridized carbons (Fsp3) is 0.111. The number of benzene rings is 1. The minimum Gasteiger partial charge on any atom is -0.325 e. The summed E-state index contributed by atoms with van der Waals surface area (Å²) in [6, 6.07) is 8.68. The summed E-state index contributed by atoms with van der Waals surface area (Å²) in [7, 11) is 0. The number of nitrogens with one attached hydrogen (secondary N) is 2. The molecule has 2 N–H and O–H groups in total. The number of amides is 1. The maximum atomic E-state index is 12.3. The molecule has 4 aromatic rings. The standard InChI is InChI=1S/C18H15N5O3S/c24-15(5-7-22-8-6-16(25)21-17(22)26)19-13-4-2-1-3-12(13)14-11-23-9-10-27-18(23)20-14/h1-4,6,8-11H,5,7H2,(H,19,24)(H,21,25,26). The highest BCUT2D eigenvalue weighted by Crippen LogP contribution is 2.28. The van der Waals surface area contributed by atoms with Crippen molar-refractivity contribution in [3.05, 3.63) is 75.1 Å². The van der Waals surface area contributed by atoms with Gasteiger partial charge in [-0.05, 0) is 6.07 Å². The molecule has 0 saturated heterocycles. The van der Waals surface area contributed by atoms with Gasteiger partial charge in [0, 0.05) is 48.6 Å². The van der Waals surface area contributed by atoms with Crippen molar-refractivity contribution in [2.24, 2.45) is 0 Å². The number of imidazole rings is 1. The van der Waals surface area contributed by atoms with Crippen LogP contribution in [0.3, 0.4) is 0 Å². The molecule has 0 aliphatic carbocycles. The highest BCUT2D eigenvalue weighted by atomic mass is 32.1. The van der Waals surface area contributed by atoms with Gasteiger partial charge in [0.15, 0.2) is 4.96 Å². The van der Waals surface area contributed by atoms with E-state index in [0.717, 1.165) is 16.2 Å². The number of fused-ring (bicyclic) bond motifs is 1. The molecule has 0 atom stereocenters. The summed E-state index contributed by atoms with van der Waals surface area (Å²) in [5, 5.41) is 4.83. The van der Waals surface area contributed by atoms with E-state index in [1.165, 1.54) is 28.2 Å². The number of rotatable bonds is 5. The molecule has 0 fully saturated rings. The predicted molar refractivity (Wildman–Crippen MR) is 103 cm³/mol. The fourth-order valence-electron chi connectivity index (χ4n) is 2.73. The van der Waals surface area contributed by atoms with Crippen LogP contribution < -0.4 is 16.6 Å². The highest BCUT2D eigenvalue weighted by Gasteiger charge is 2.12. The second-order valence-corrected chi connectivity index (χ2v) is 6.74. The van der Waals surface area contributed by atoms with E-state index in [1.807, 2.05) is 46.4 Å². The van der Waals surface area contributed by atoms with Crippen LogP contribution >= 0.6 is 11.3 Å². The van der Waals surface area contributed by atoms with Crippen molar-refractivity contribution < 1.29 is 4.79 Å². The first-order valence-electron chi connectivity index (χ1n) is 8.21. The number of hydrogen-bond acceptors (Lipinski definition) is 5. The summed E-state index contributed by atoms with van der Waals surface area (Å²) >= 11 is 1.54. The second-order valence-electron chi connectivity index (χ2n) is 5.87. The number of thiazole rings is 1. The molecular weight excluding hydrogens is 366 g/mol. The molecule has 0 saturated carbocycles. The van der Waals surface area contributed by atoms with Gasteiger partial charge in [-0.25, -0.2) is 9.78 Å². The maximum Gasteiger partial charge on any atom is 0.328 e. The fourth-order valence-corrected chi connectivity index (χ4v) is 3.43. The zero-order chi connectivity index (χ0) is 18.8. The van der Waals surface area contributed by atoms with Crippen LogP contribution in [0, 0.1) is 0 Å². The number of aromatic nitrogens is 4. The lowest BCUT2D eigenvalue weighted by atomic mass is 10.1. The van der Waals surface area contributed by atoms with Gasteiger partial charge in [0.2, 0.25) is 5.91 Å². The van der Waals surface area contributed by atoms with Crippen molar-refractivity contribution in [3.8, 4) is 11.3 Å². The number of nitrogens with zero attached hydrogens (tertiary/aromatic N) is 3. The molecular formula is C18H15N5O3S. The Morgan fingerprint density at radius 2 is 2.04 bits per heavy atom. The van der Waals surface area contributed by atoms with E-state index >= 15 is 0 Å². The molecule has 0 spiro atoms. The van der Waals surface area contributed by atoms with E-state index in [2.05, 4.69) is 15.3 Å². The van der Waals surface area contributed by atoms with Crippen LogP contribution in [0.2, 0.25) is 0 Å². The number of aryl methyl sites for hydroxylation is 1. The summed E-state index contributed by atoms with van der Waals surface area (Å²) in [4.78, 5) is 42.7. The quantitative estimate of drug-likeness (QED) is 0.552. The Kier molecular flexibility index (Phi) is 4.43. The van der Waals surface area contributed by atoms with E-state index in [0.29, 0.717) is 5.69 Å². The Morgan fingerprint density at radius 1 is 1.19 bits per heavy atom. The summed E-state index contributed by atoms with van der Waals surface area (Å²) in [5.74, 6) is -0.235. The summed E-state index contributed by atoms with van der Waals surface area (Å²) in [6.45, 7) is 0.170. The van der Waals surface area contributed by atoms with Crippen LogP contribution in [-0.4, -0.2) is 24.8 Å². The Bertz CT molecular complexity index is 1200. The predicted octanol–water partition coefficient (Wildman–Crippen LogP) is 1.94. The third-order valence-corrected chi connectivity index (χ3v) is 4.82. The number of carbonyl (C=O) groups excluding carboxylic acids is 1. The molecule has 3 aromatic heterocycles. The average Bonchev–Trinajstić information content (AvgIpc) is 3.23. The summed E-state index contributed by atoms with van der Waals surface area (Å²) in [5.41, 5.74) is 1.25. The molecule has 1 amide bonds. The first-order valence-corrected chi connectivity index (χ1v) is 9.09. The Labute approximate surface area is 156 Å². The molecule has 0 aliphatic rings. The lowest BCUT2D eigenvalue weighted by Gasteiger charge is -2.10. The third kappa shape index (κ3) is 3.58. The molecule has 0 unspecified atom stereocenters. The summed E-state index contributed by atoms with van der Waals surface area (Å²) in [6.07, 6.45) is 5.31. The smallest absolute Gasteiger partial charge is 0.325 e. The van der Waals surface area contributed by atoms with Gasteiger partial charge >= 0.3 is 5.69 Å². The van der Waals surface area contributed by atoms with Crippen LogP contribution in [0.25, 0.3) is 16.2 Å². The molecule has 0 radical (unpaired) electrons. The van der Waals surface area contributed by atoms with Crippen molar-refractivity contribution in [3.63, 3.8) is 0 Å². The first kappa shape index (κ1) is 17.0. The van der Waals surface area contributed by atoms with Crippen LogP contribution in [0.5, 0.6) is 0 Å². The molecule has 1 aromatic carbocycles. The first-order chi connectivity index (χ1) is 13.1. The van der Waals surface area contributed by atoms with Gasteiger partial charge in [-0.3, -0.25) is 19.0 Å². The minimum absolute atomic E-state index is 0.0958. The molecule has 0 bridgehead atoms. The largest absolute Gasteiger partial charge is 0.328 e. The van der Waals surface area contributed by atoms with Crippen molar-refractivity contribution in [2.75, 3.05) is 5.32 Å². The van der Waals surface area contributed by atoms with Gasteiger partial charge in [0.05, 0.1) is 11.4 Å². The van der Waals surface area contributed by atoms with Crippen LogP contribution in [-0.2, 0) is 11.3 Å². The van der Waals surface area contributed by atoms with Gasteiger partial charge in [0.25, 0.3) is 5.56 Å². The third-order valence-electron chi connectivity index (χ3n) is 4.05. The van der Waals surface area contributed by atoms with Gasteiger partial charge < -0.3 is 9.88 Å². The normalized spacial score (nSPS) is 11.0. The zero-order valence-corrected chi connectivity index (χ0v) is 14.9. The van der Waals surface area contributed by atoms with E-state index < -0.39 is 11.2 Å². The number of para-hydroxylation sites is 1. The number of aromatic amines is 1. The zero-order valence-electron chi connectivity index (χ0n) is 14.1. The number of H-pyrrole nitrogens is 1. The number of hydrogen-bond donors (Lipinski definition) is 2. The molecule has 4 rings (SSSR count). The van der Waals surface area contributed by atoms with Crippen molar-refractivity contribution in [1.82, 2.24) is 18.9 Å². The number of carbonyl (C=O) groups is 1. The Balaban J connectivity index is 1.51. The molecule has 27 heavy (non-hydrogen) atoms. The monoisotopic (exact) mass is 381 g/mol. The van der Waals surface area contributed by atoms with Crippen molar-refractivity contribution in [1.29, 1.82) is 0 Å². The van der Waals surface area contributed by atoms with Gasteiger partial charge in [-0.15, -0.1) is 11.3 Å². The molecule has 136 valence electrons. The van der Waals surface area contributed by atoms with Gasteiger partial charge in [0.1, 0.15) is 0 Å². The van der Waals surface area contributed by atoms with Crippen LogP contribution in [0.1, 0.15) is 6.42 Å². The topological polar surface area (TPSA) is 101 Å². The van der Waals surface area contributed by atoms with Crippen LogP contribution in [0.4, 0.5) is 5.69 Å². The average molecular weight is 381 g/mol. The molecule has 9 heteroatoms. The van der Waals surface area contributed by atoms with E-state index in [1.54, 1.807) is 0 Å². The van der Waals surface area contributed by atoms with E-state index in [9.17, 15) is 14.4 Å². The van der Waals surface area contributed by atoms with Crippen molar-refractivity contribution in [2.45, 2.75) is 13.0 Å². The summed E-state index contributed by atoms with van der Waals surface area (Å²) < 4.78 is 3.22. The van der Waals surface area contributed by atoms with Crippen LogP contribution in [0.15, 0.2) is 63.9 Å². The maximum absolute atomic E-state index is 12.3. The molecule has 8 nitrogen and oxygen atoms in total.